The van der Waals surface area contributed by atoms with Crippen molar-refractivity contribution in [3.8, 4) is 0 Å². The summed E-state index contributed by atoms with van der Waals surface area (Å²) >= 11 is 0. The van der Waals surface area contributed by atoms with Crippen molar-refractivity contribution in [1.82, 2.24) is 10.2 Å². The number of aryl methyl sites for hydroxylation is 1. The lowest BCUT2D eigenvalue weighted by molar-refractivity contribution is 0.0905. The molecule has 1 atom stereocenters. The molecule has 3 rings (SSSR count). The zero-order valence-electron chi connectivity index (χ0n) is 14.3. The molecule has 2 heterocycles. The van der Waals surface area contributed by atoms with Crippen LogP contribution in [0.15, 0.2) is 47.1 Å². The van der Waals surface area contributed by atoms with E-state index in [9.17, 15) is 4.79 Å². The number of nitrogens with zero attached hydrogens (tertiary/aromatic N) is 1. The van der Waals surface area contributed by atoms with E-state index in [0.717, 1.165) is 13.1 Å². The minimum Gasteiger partial charge on any atom is -0.459 e. The minimum absolute atomic E-state index is 0.146. The van der Waals surface area contributed by atoms with E-state index in [0.29, 0.717) is 12.3 Å². The maximum atomic E-state index is 12.2. The van der Waals surface area contributed by atoms with Crippen molar-refractivity contribution in [2.45, 2.75) is 38.6 Å². The zero-order chi connectivity index (χ0) is 16.8. The van der Waals surface area contributed by atoms with Gasteiger partial charge in [0, 0.05) is 6.54 Å². The number of benzene rings is 1. The molecule has 0 aliphatic carbocycles. The standard InChI is InChI=1S/C20H26N2O2/c1-16-8-10-17(11-9-16)18(22-12-4-2-3-5-13-22)15-21-20(23)19-7-6-14-24-19/h6-11,14,18H,2-5,12-13,15H2,1H3,(H,21,23)/t18-/m1/s1. The van der Waals surface area contributed by atoms with Crippen molar-refractivity contribution in [3.63, 3.8) is 0 Å². The molecular formula is C20H26N2O2. The third kappa shape index (κ3) is 4.26. The number of carbonyl (C=O) groups is 1. The summed E-state index contributed by atoms with van der Waals surface area (Å²) in [6.07, 6.45) is 6.59. The number of amides is 1. The molecule has 0 unspecified atom stereocenters. The fraction of sp³-hybridized carbons (Fsp3) is 0.450. The molecule has 1 aromatic heterocycles. The zero-order valence-corrected chi connectivity index (χ0v) is 14.3. The van der Waals surface area contributed by atoms with Gasteiger partial charge in [-0.2, -0.15) is 0 Å². The highest BCUT2D eigenvalue weighted by Crippen LogP contribution is 2.24. The van der Waals surface area contributed by atoms with Gasteiger partial charge in [0.2, 0.25) is 0 Å². The average molecular weight is 326 g/mol. The highest BCUT2D eigenvalue weighted by atomic mass is 16.3. The molecule has 4 heteroatoms. The predicted octanol–water partition coefficient (Wildman–Crippen LogP) is 3.94. The summed E-state index contributed by atoms with van der Waals surface area (Å²) in [5.41, 5.74) is 2.52. The van der Waals surface area contributed by atoms with Crippen LogP contribution in [0, 0.1) is 6.92 Å². The summed E-state index contributed by atoms with van der Waals surface area (Å²) in [4.78, 5) is 14.7. The van der Waals surface area contributed by atoms with Gasteiger partial charge in [-0.15, -0.1) is 0 Å². The Kier molecular flexibility index (Phi) is 5.70. The number of hydrogen-bond donors (Lipinski definition) is 1. The van der Waals surface area contributed by atoms with E-state index < -0.39 is 0 Å². The Bertz CT molecular complexity index is 626. The van der Waals surface area contributed by atoms with Crippen LogP contribution >= 0.6 is 0 Å². The van der Waals surface area contributed by atoms with Crippen LogP contribution in [0.1, 0.15) is 53.4 Å². The molecule has 1 aliphatic heterocycles. The fourth-order valence-corrected chi connectivity index (χ4v) is 3.34. The van der Waals surface area contributed by atoms with Gasteiger partial charge < -0.3 is 9.73 Å². The fourth-order valence-electron chi connectivity index (χ4n) is 3.34. The van der Waals surface area contributed by atoms with E-state index in [1.54, 1.807) is 12.1 Å². The second-order valence-electron chi connectivity index (χ2n) is 6.56. The Morgan fingerprint density at radius 1 is 1.12 bits per heavy atom. The molecule has 0 saturated carbocycles. The molecule has 0 spiro atoms. The predicted molar refractivity (Wildman–Crippen MR) is 95.0 cm³/mol. The molecule has 1 aliphatic rings. The van der Waals surface area contributed by atoms with E-state index in [-0.39, 0.29) is 11.9 Å². The van der Waals surface area contributed by atoms with Gasteiger partial charge >= 0.3 is 0 Å². The number of hydrogen-bond acceptors (Lipinski definition) is 3. The molecule has 1 saturated heterocycles. The van der Waals surface area contributed by atoms with Crippen LogP contribution in [0.2, 0.25) is 0 Å². The summed E-state index contributed by atoms with van der Waals surface area (Å²) in [6, 6.07) is 12.3. The van der Waals surface area contributed by atoms with Gasteiger partial charge in [0.05, 0.1) is 12.3 Å². The summed E-state index contributed by atoms with van der Waals surface area (Å²) in [5.74, 6) is 0.223. The van der Waals surface area contributed by atoms with Crippen LogP contribution in [0.5, 0.6) is 0 Å². The van der Waals surface area contributed by atoms with Crippen LogP contribution < -0.4 is 5.32 Å². The summed E-state index contributed by atoms with van der Waals surface area (Å²) < 4.78 is 5.19. The first-order valence-corrected chi connectivity index (χ1v) is 8.86. The average Bonchev–Trinajstić information content (AvgIpc) is 3.01. The molecule has 0 bridgehead atoms. The van der Waals surface area contributed by atoms with Gasteiger partial charge in [-0.1, -0.05) is 42.7 Å². The van der Waals surface area contributed by atoms with E-state index in [2.05, 4.69) is 41.4 Å². The topological polar surface area (TPSA) is 45.5 Å². The van der Waals surface area contributed by atoms with Crippen molar-refractivity contribution in [2.24, 2.45) is 0 Å². The third-order valence-electron chi connectivity index (χ3n) is 4.74. The number of furan rings is 1. The Balaban J connectivity index is 1.73. The van der Waals surface area contributed by atoms with Crippen LogP contribution in [-0.2, 0) is 0 Å². The van der Waals surface area contributed by atoms with Gasteiger partial charge in [-0.05, 0) is 50.6 Å². The first-order valence-electron chi connectivity index (χ1n) is 8.86. The van der Waals surface area contributed by atoms with E-state index in [4.69, 9.17) is 4.42 Å². The minimum atomic E-state index is -0.146. The Labute approximate surface area is 143 Å². The van der Waals surface area contributed by atoms with Crippen LogP contribution in [-0.4, -0.2) is 30.4 Å². The van der Waals surface area contributed by atoms with Crippen LogP contribution in [0.4, 0.5) is 0 Å². The highest BCUT2D eigenvalue weighted by Gasteiger charge is 2.22. The lowest BCUT2D eigenvalue weighted by Crippen LogP contribution is -2.38. The summed E-state index contributed by atoms with van der Waals surface area (Å²) in [6.45, 7) is 4.89. The molecule has 128 valence electrons. The van der Waals surface area contributed by atoms with Crippen molar-refractivity contribution in [2.75, 3.05) is 19.6 Å². The molecule has 1 N–H and O–H groups in total. The molecule has 1 amide bonds. The van der Waals surface area contributed by atoms with Crippen molar-refractivity contribution in [1.29, 1.82) is 0 Å². The highest BCUT2D eigenvalue weighted by molar-refractivity contribution is 5.91. The van der Waals surface area contributed by atoms with E-state index in [1.807, 2.05) is 0 Å². The van der Waals surface area contributed by atoms with Crippen molar-refractivity contribution >= 4 is 5.91 Å². The van der Waals surface area contributed by atoms with Crippen LogP contribution in [0.3, 0.4) is 0 Å². The van der Waals surface area contributed by atoms with Gasteiger partial charge in [-0.25, -0.2) is 0 Å². The van der Waals surface area contributed by atoms with E-state index >= 15 is 0 Å². The van der Waals surface area contributed by atoms with Gasteiger partial charge in [0.1, 0.15) is 0 Å². The molecule has 1 fully saturated rings. The normalized spacial score (nSPS) is 17.2. The summed E-state index contributed by atoms with van der Waals surface area (Å²) in [5, 5.41) is 3.04. The maximum Gasteiger partial charge on any atom is 0.287 e. The lowest BCUT2D eigenvalue weighted by atomic mass is 10.0. The maximum absolute atomic E-state index is 12.2. The van der Waals surface area contributed by atoms with Crippen molar-refractivity contribution < 1.29 is 9.21 Å². The first-order chi connectivity index (χ1) is 11.7. The quantitative estimate of drug-likeness (QED) is 0.905. The number of rotatable bonds is 5. The lowest BCUT2D eigenvalue weighted by Gasteiger charge is -2.31. The monoisotopic (exact) mass is 326 g/mol. The molecule has 1 aromatic carbocycles. The van der Waals surface area contributed by atoms with Crippen LogP contribution in [0.25, 0.3) is 0 Å². The van der Waals surface area contributed by atoms with Gasteiger partial charge in [0.25, 0.3) is 5.91 Å². The second-order valence-corrected chi connectivity index (χ2v) is 6.56. The SMILES string of the molecule is Cc1ccc([C@@H](CNC(=O)c2ccco2)N2CCCCCC2)cc1. The summed E-state index contributed by atoms with van der Waals surface area (Å²) in [7, 11) is 0. The number of nitrogens with one attached hydrogen (secondary N) is 1. The molecule has 24 heavy (non-hydrogen) atoms. The Hall–Kier alpha value is -2.07. The molecule has 4 nitrogen and oxygen atoms in total. The first kappa shape index (κ1) is 16.8. The second kappa shape index (κ2) is 8.15. The molecule has 0 radical (unpaired) electrons. The largest absolute Gasteiger partial charge is 0.459 e. The van der Waals surface area contributed by atoms with Gasteiger partial charge in [0.15, 0.2) is 5.76 Å². The Morgan fingerprint density at radius 2 is 1.83 bits per heavy atom. The smallest absolute Gasteiger partial charge is 0.287 e. The van der Waals surface area contributed by atoms with Gasteiger partial charge in [-0.3, -0.25) is 9.69 Å². The number of likely N-dealkylation sites (tertiary alicyclic amines) is 1. The molecular weight excluding hydrogens is 300 g/mol. The van der Waals surface area contributed by atoms with E-state index in [1.165, 1.54) is 43.1 Å². The van der Waals surface area contributed by atoms with Crippen molar-refractivity contribution in [3.05, 3.63) is 59.5 Å². The third-order valence-corrected chi connectivity index (χ3v) is 4.74. The molecule has 2 aromatic rings. The Morgan fingerprint density at radius 3 is 2.46 bits per heavy atom. The number of carbonyl (C=O) groups excluding carboxylic acids is 1.